The topological polar surface area (TPSA) is 110 Å². The van der Waals surface area contributed by atoms with E-state index in [4.69, 9.17) is 9.47 Å². The number of nitro groups is 1. The molecule has 0 atom stereocenters. The van der Waals surface area contributed by atoms with Gasteiger partial charge in [-0.05, 0) is 30.3 Å². The predicted molar refractivity (Wildman–Crippen MR) is 111 cm³/mol. The smallest absolute Gasteiger partial charge is 0.306 e. The van der Waals surface area contributed by atoms with Crippen LogP contribution in [-0.4, -0.2) is 24.1 Å². The van der Waals surface area contributed by atoms with Crippen LogP contribution in [0.1, 0.15) is 5.01 Å². The molecule has 0 bridgehead atoms. The Hall–Kier alpha value is -3.97. The summed E-state index contributed by atoms with van der Waals surface area (Å²) in [5.74, 6) is 0.210. The molecule has 0 unspecified atom stereocenters. The molecular formula is C20H15FN4O4S. The van der Waals surface area contributed by atoms with E-state index in [9.17, 15) is 19.8 Å². The number of methoxy groups -OCH3 is 2. The SMILES string of the molecule is COc1ccc(-c2csc(/C(C#N)=C/Nc3ccc(F)c([N+](=O)[O-])c3)n2)cc1OC. The number of rotatable bonds is 7. The number of nitriles is 1. The Morgan fingerprint density at radius 1 is 1.27 bits per heavy atom. The molecular weight excluding hydrogens is 411 g/mol. The molecule has 2 aromatic carbocycles. The van der Waals surface area contributed by atoms with Gasteiger partial charge in [0.1, 0.15) is 16.6 Å². The fourth-order valence-corrected chi connectivity index (χ4v) is 3.36. The summed E-state index contributed by atoms with van der Waals surface area (Å²) in [6, 6.07) is 10.8. The van der Waals surface area contributed by atoms with Crippen molar-refractivity contribution >= 4 is 28.3 Å². The molecule has 0 saturated carbocycles. The van der Waals surface area contributed by atoms with E-state index in [0.29, 0.717) is 22.2 Å². The first-order chi connectivity index (χ1) is 14.5. The van der Waals surface area contributed by atoms with Crippen molar-refractivity contribution in [3.63, 3.8) is 0 Å². The van der Waals surface area contributed by atoms with Gasteiger partial charge in [0.25, 0.3) is 0 Å². The lowest BCUT2D eigenvalue weighted by Crippen LogP contribution is -1.96. The van der Waals surface area contributed by atoms with Crippen molar-refractivity contribution in [1.82, 2.24) is 4.98 Å². The van der Waals surface area contributed by atoms with E-state index < -0.39 is 16.4 Å². The summed E-state index contributed by atoms with van der Waals surface area (Å²) in [6.07, 6.45) is 1.37. The Morgan fingerprint density at radius 2 is 2.03 bits per heavy atom. The normalized spacial score (nSPS) is 10.9. The van der Waals surface area contributed by atoms with Crippen molar-refractivity contribution in [2.24, 2.45) is 0 Å². The van der Waals surface area contributed by atoms with E-state index >= 15 is 0 Å². The first-order valence-electron chi connectivity index (χ1n) is 8.46. The lowest BCUT2D eigenvalue weighted by Gasteiger charge is -2.08. The molecule has 3 aromatic rings. The number of ether oxygens (including phenoxy) is 2. The molecule has 152 valence electrons. The predicted octanol–water partition coefficient (Wildman–Crippen LogP) is 4.85. The van der Waals surface area contributed by atoms with Crippen LogP contribution in [0.25, 0.3) is 16.8 Å². The van der Waals surface area contributed by atoms with Crippen LogP contribution < -0.4 is 14.8 Å². The summed E-state index contributed by atoms with van der Waals surface area (Å²) in [6.45, 7) is 0. The number of hydrogen-bond acceptors (Lipinski definition) is 8. The van der Waals surface area contributed by atoms with Crippen LogP contribution in [0.2, 0.25) is 0 Å². The van der Waals surface area contributed by atoms with Crippen LogP contribution in [0.5, 0.6) is 11.5 Å². The maximum Gasteiger partial charge on any atom is 0.306 e. The first-order valence-corrected chi connectivity index (χ1v) is 9.33. The molecule has 0 aliphatic carbocycles. The number of nitrogens with zero attached hydrogens (tertiary/aromatic N) is 3. The minimum Gasteiger partial charge on any atom is -0.493 e. The highest BCUT2D eigenvalue weighted by atomic mass is 32.1. The Kier molecular flexibility index (Phi) is 6.24. The molecule has 0 amide bonds. The van der Waals surface area contributed by atoms with Gasteiger partial charge < -0.3 is 14.8 Å². The first kappa shape index (κ1) is 20.8. The molecule has 0 fully saturated rings. The molecule has 0 radical (unpaired) electrons. The third-order valence-corrected chi connectivity index (χ3v) is 4.94. The molecule has 30 heavy (non-hydrogen) atoms. The second kappa shape index (κ2) is 9.02. The molecule has 8 nitrogen and oxygen atoms in total. The van der Waals surface area contributed by atoms with Gasteiger partial charge in [-0.15, -0.1) is 11.3 Å². The van der Waals surface area contributed by atoms with E-state index in [1.807, 2.05) is 12.1 Å². The Balaban J connectivity index is 1.85. The molecule has 1 aromatic heterocycles. The van der Waals surface area contributed by atoms with Gasteiger partial charge >= 0.3 is 5.69 Å². The number of aromatic nitrogens is 1. The highest BCUT2D eigenvalue weighted by Crippen LogP contribution is 2.33. The van der Waals surface area contributed by atoms with Gasteiger partial charge in [0, 0.05) is 28.9 Å². The summed E-state index contributed by atoms with van der Waals surface area (Å²) in [7, 11) is 3.08. The number of nitrogens with one attached hydrogen (secondary N) is 1. The van der Waals surface area contributed by atoms with E-state index in [-0.39, 0.29) is 11.3 Å². The van der Waals surface area contributed by atoms with Gasteiger partial charge in [0.15, 0.2) is 11.5 Å². The minimum atomic E-state index is -0.936. The van der Waals surface area contributed by atoms with Crippen molar-refractivity contribution in [3.05, 3.63) is 68.9 Å². The van der Waals surface area contributed by atoms with Crippen LogP contribution in [0.3, 0.4) is 0 Å². The average molecular weight is 426 g/mol. The maximum atomic E-state index is 13.5. The summed E-state index contributed by atoms with van der Waals surface area (Å²) >= 11 is 1.26. The number of halogens is 1. The highest BCUT2D eigenvalue weighted by Gasteiger charge is 2.15. The van der Waals surface area contributed by atoms with Crippen LogP contribution in [0.15, 0.2) is 48.0 Å². The second-order valence-electron chi connectivity index (χ2n) is 5.85. The highest BCUT2D eigenvalue weighted by molar-refractivity contribution is 7.11. The monoisotopic (exact) mass is 426 g/mol. The Labute approximate surface area is 175 Å². The molecule has 1 N–H and O–H groups in total. The molecule has 0 aliphatic rings. The van der Waals surface area contributed by atoms with E-state index in [0.717, 1.165) is 17.7 Å². The van der Waals surface area contributed by atoms with Crippen molar-refractivity contribution in [1.29, 1.82) is 5.26 Å². The molecule has 3 rings (SSSR count). The lowest BCUT2D eigenvalue weighted by molar-refractivity contribution is -0.387. The quantitative estimate of drug-likeness (QED) is 0.327. The fourth-order valence-electron chi connectivity index (χ4n) is 2.57. The minimum absolute atomic E-state index is 0.221. The van der Waals surface area contributed by atoms with Gasteiger partial charge in [-0.3, -0.25) is 10.1 Å². The molecule has 0 aliphatic heterocycles. The Morgan fingerprint density at radius 3 is 2.70 bits per heavy atom. The zero-order chi connectivity index (χ0) is 21.7. The largest absolute Gasteiger partial charge is 0.493 e. The zero-order valence-corrected chi connectivity index (χ0v) is 16.7. The molecule has 0 saturated heterocycles. The van der Waals surface area contributed by atoms with Gasteiger partial charge in [0.2, 0.25) is 5.82 Å². The van der Waals surface area contributed by atoms with Crippen LogP contribution in [0.4, 0.5) is 15.8 Å². The van der Waals surface area contributed by atoms with Gasteiger partial charge in [-0.1, -0.05) is 0 Å². The lowest BCUT2D eigenvalue weighted by atomic mass is 10.1. The molecule has 1 heterocycles. The number of hydrogen-bond donors (Lipinski definition) is 1. The van der Waals surface area contributed by atoms with Crippen molar-refractivity contribution in [2.75, 3.05) is 19.5 Å². The van der Waals surface area contributed by atoms with Crippen molar-refractivity contribution < 1.29 is 18.8 Å². The maximum absolute atomic E-state index is 13.5. The van der Waals surface area contributed by atoms with E-state index in [1.54, 1.807) is 24.6 Å². The molecule has 0 spiro atoms. The number of anilines is 1. The third-order valence-electron chi connectivity index (χ3n) is 4.06. The summed E-state index contributed by atoms with van der Waals surface area (Å²) in [5, 5.41) is 25.4. The summed E-state index contributed by atoms with van der Waals surface area (Å²) in [4.78, 5) is 14.5. The van der Waals surface area contributed by atoms with Crippen LogP contribution in [0, 0.1) is 27.3 Å². The van der Waals surface area contributed by atoms with Gasteiger partial charge in [-0.25, -0.2) is 4.98 Å². The van der Waals surface area contributed by atoms with Crippen molar-refractivity contribution in [3.8, 4) is 28.8 Å². The van der Waals surface area contributed by atoms with Crippen LogP contribution in [-0.2, 0) is 0 Å². The fraction of sp³-hybridized carbons (Fsp3) is 0.100. The Bertz CT molecular complexity index is 1170. The third kappa shape index (κ3) is 4.37. The number of nitro benzene ring substituents is 1. The summed E-state index contributed by atoms with van der Waals surface area (Å²) in [5.41, 5.74) is 1.27. The standard InChI is InChI=1S/C20H15FN4O4S/c1-28-18-6-3-12(7-19(18)29-2)16-11-30-20(24-16)13(9-22)10-23-14-4-5-15(21)17(8-14)25(26)27/h3-8,10-11,23H,1-2H3/b13-10+. The van der Waals surface area contributed by atoms with Crippen LogP contribution >= 0.6 is 11.3 Å². The second-order valence-corrected chi connectivity index (χ2v) is 6.70. The summed E-state index contributed by atoms with van der Waals surface area (Å²) < 4.78 is 24.0. The number of thiazole rings is 1. The van der Waals surface area contributed by atoms with Gasteiger partial charge in [0.05, 0.1) is 24.8 Å². The van der Waals surface area contributed by atoms with E-state index in [2.05, 4.69) is 10.3 Å². The molecule has 10 heteroatoms. The zero-order valence-electron chi connectivity index (χ0n) is 15.9. The number of benzene rings is 2. The average Bonchev–Trinajstić information content (AvgIpc) is 3.24. The number of allylic oxidation sites excluding steroid dienone is 1. The van der Waals surface area contributed by atoms with Crippen molar-refractivity contribution in [2.45, 2.75) is 0 Å². The van der Waals surface area contributed by atoms with Gasteiger partial charge in [-0.2, -0.15) is 9.65 Å². The van der Waals surface area contributed by atoms with E-state index in [1.165, 1.54) is 30.7 Å².